The van der Waals surface area contributed by atoms with E-state index in [-0.39, 0.29) is 5.91 Å². The van der Waals surface area contributed by atoms with Crippen LogP contribution in [0.15, 0.2) is 59.5 Å². The lowest BCUT2D eigenvalue weighted by Crippen LogP contribution is -2.35. The number of benzene rings is 2. The van der Waals surface area contributed by atoms with Crippen molar-refractivity contribution in [2.45, 2.75) is 30.6 Å². The fourth-order valence-electron chi connectivity index (χ4n) is 4.33. The number of amides is 1. The molecule has 5 rings (SSSR count). The van der Waals surface area contributed by atoms with Gasteiger partial charge in [-0.15, -0.1) is 0 Å². The Bertz CT molecular complexity index is 1230. The molecule has 2 aliphatic rings. The summed E-state index contributed by atoms with van der Waals surface area (Å²) in [4.78, 5) is 19.7. The van der Waals surface area contributed by atoms with Gasteiger partial charge in [-0.05, 0) is 55.2 Å². The van der Waals surface area contributed by atoms with Crippen LogP contribution in [0.2, 0.25) is 0 Å². The lowest BCUT2D eigenvalue weighted by Gasteiger charge is -2.26. The van der Waals surface area contributed by atoms with E-state index in [9.17, 15) is 13.2 Å². The van der Waals surface area contributed by atoms with Crippen LogP contribution in [0.5, 0.6) is 0 Å². The third-order valence-electron chi connectivity index (χ3n) is 5.96. The second-order valence-electron chi connectivity index (χ2n) is 7.85. The third kappa shape index (κ3) is 3.28. The number of hydrogen-bond acceptors (Lipinski definition) is 4. The van der Waals surface area contributed by atoms with Crippen molar-refractivity contribution in [3.05, 3.63) is 65.9 Å². The third-order valence-corrected chi connectivity index (χ3v) is 7.86. The number of rotatable bonds is 3. The largest absolute Gasteiger partial charge is 0.306 e. The summed E-state index contributed by atoms with van der Waals surface area (Å²) in [5, 5.41) is 0.989. The van der Waals surface area contributed by atoms with Gasteiger partial charge in [0.2, 0.25) is 10.0 Å². The van der Waals surface area contributed by atoms with Gasteiger partial charge >= 0.3 is 0 Å². The van der Waals surface area contributed by atoms with Crippen LogP contribution < -0.4 is 4.90 Å². The molecule has 0 N–H and O–H groups in total. The second-order valence-corrected chi connectivity index (χ2v) is 9.79. The highest BCUT2D eigenvalue weighted by Crippen LogP contribution is 2.32. The van der Waals surface area contributed by atoms with E-state index in [1.54, 1.807) is 33.5 Å². The van der Waals surface area contributed by atoms with Gasteiger partial charge in [-0.3, -0.25) is 4.79 Å². The van der Waals surface area contributed by atoms with E-state index in [0.29, 0.717) is 36.6 Å². The lowest BCUT2D eigenvalue weighted by atomic mass is 10.1. The average molecular weight is 422 g/mol. The number of pyridine rings is 1. The molecule has 1 aromatic heterocycles. The molecule has 0 spiro atoms. The van der Waals surface area contributed by atoms with E-state index in [1.807, 2.05) is 30.3 Å². The summed E-state index contributed by atoms with van der Waals surface area (Å²) in [6.45, 7) is 1.69. The molecule has 2 aromatic carbocycles. The first-order valence-corrected chi connectivity index (χ1v) is 11.8. The monoisotopic (exact) mass is 421 g/mol. The van der Waals surface area contributed by atoms with Crippen LogP contribution in [-0.2, 0) is 16.4 Å². The average Bonchev–Trinajstić information content (AvgIpc) is 3.22. The first-order valence-electron chi connectivity index (χ1n) is 10.3. The quantitative estimate of drug-likeness (QED) is 0.648. The SMILES string of the molecule is O=C(c1ccc2ccccc2n1)N1CCc2cc(S(=O)(=O)N3CCCCC3)ccc21. The summed E-state index contributed by atoms with van der Waals surface area (Å²) in [5.74, 6) is -0.161. The predicted molar refractivity (Wildman–Crippen MR) is 116 cm³/mol. The molecule has 0 atom stereocenters. The van der Waals surface area contributed by atoms with E-state index in [1.165, 1.54) is 0 Å². The number of piperidine rings is 1. The van der Waals surface area contributed by atoms with E-state index in [0.717, 1.165) is 41.4 Å². The van der Waals surface area contributed by atoms with Crippen molar-refractivity contribution in [2.75, 3.05) is 24.5 Å². The van der Waals surface area contributed by atoms with E-state index >= 15 is 0 Å². The predicted octanol–water partition coefficient (Wildman–Crippen LogP) is 3.61. The van der Waals surface area contributed by atoms with Gasteiger partial charge in [0, 0.05) is 30.7 Å². The van der Waals surface area contributed by atoms with Gasteiger partial charge in [-0.25, -0.2) is 13.4 Å². The molecule has 0 bridgehead atoms. The summed E-state index contributed by atoms with van der Waals surface area (Å²) < 4.78 is 27.5. The van der Waals surface area contributed by atoms with E-state index in [2.05, 4.69) is 4.98 Å². The zero-order valence-electron chi connectivity index (χ0n) is 16.6. The molecule has 1 fully saturated rings. The Kier molecular flexibility index (Phi) is 4.79. The number of aromatic nitrogens is 1. The maximum atomic E-state index is 13.1. The molecule has 0 unspecified atom stereocenters. The van der Waals surface area contributed by atoms with Gasteiger partial charge in [0.25, 0.3) is 5.91 Å². The van der Waals surface area contributed by atoms with Crippen molar-refractivity contribution < 1.29 is 13.2 Å². The van der Waals surface area contributed by atoms with Crippen LogP contribution in [-0.4, -0.2) is 43.2 Å². The number of sulfonamides is 1. The zero-order valence-corrected chi connectivity index (χ0v) is 17.4. The van der Waals surface area contributed by atoms with Crippen LogP contribution in [0.1, 0.15) is 35.3 Å². The minimum atomic E-state index is -3.48. The summed E-state index contributed by atoms with van der Waals surface area (Å²) in [7, 11) is -3.48. The van der Waals surface area contributed by atoms with Gasteiger partial charge in [-0.1, -0.05) is 30.7 Å². The fourth-order valence-corrected chi connectivity index (χ4v) is 5.90. The van der Waals surface area contributed by atoms with Crippen molar-refractivity contribution >= 4 is 32.5 Å². The highest BCUT2D eigenvalue weighted by Gasteiger charge is 2.30. The molecule has 1 amide bonds. The summed E-state index contributed by atoms with van der Waals surface area (Å²) in [6.07, 6.45) is 3.53. The Hall–Kier alpha value is -2.77. The first-order chi connectivity index (χ1) is 14.5. The zero-order chi connectivity index (χ0) is 20.7. The number of anilines is 1. The van der Waals surface area contributed by atoms with E-state index in [4.69, 9.17) is 0 Å². The molecule has 2 aliphatic heterocycles. The lowest BCUT2D eigenvalue weighted by molar-refractivity contribution is 0.0985. The van der Waals surface area contributed by atoms with Crippen LogP contribution in [0, 0.1) is 0 Å². The molecule has 6 nitrogen and oxygen atoms in total. The summed E-state index contributed by atoms with van der Waals surface area (Å²) in [5.41, 5.74) is 2.84. The molecule has 0 aliphatic carbocycles. The Balaban J connectivity index is 1.43. The van der Waals surface area contributed by atoms with Crippen molar-refractivity contribution in [1.82, 2.24) is 9.29 Å². The highest BCUT2D eigenvalue weighted by molar-refractivity contribution is 7.89. The highest BCUT2D eigenvalue weighted by atomic mass is 32.2. The molecular formula is C23H23N3O3S. The Morgan fingerprint density at radius 3 is 2.53 bits per heavy atom. The minimum Gasteiger partial charge on any atom is -0.306 e. The first kappa shape index (κ1) is 19.2. The maximum Gasteiger partial charge on any atom is 0.276 e. The Morgan fingerprint density at radius 1 is 0.900 bits per heavy atom. The van der Waals surface area contributed by atoms with Gasteiger partial charge in [-0.2, -0.15) is 4.31 Å². The second kappa shape index (κ2) is 7.49. The number of para-hydroxylation sites is 1. The number of hydrogen-bond donors (Lipinski definition) is 0. The van der Waals surface area contributed by atoms with Gasteiger partial charge in [0.05, 0.1) is 10.4 Å². The number of nitrogens with zero attached hydrogens (tertiary/aromatic N) is 3. The summed E-state index contributed by atoms with van der Waals surface area (Å²) in [6, 6.07) is 16.5. The molecule has 3 heterocycles. The number of fused-ring (bicyclic) bond motifs is 2. The van der Waals surface area contributed by atoms with Crippen molar-refractivity contribution in [2.24, 2.45) is 0 Å². The molecule has 0 radical (unpaired) electrons. The van der Waals surface area contributed by atoms with Crippen LogP contribution in [0.3, 0.4) is 0 Å². The van der Waals surface area contributed by atoms with Gasteiger partial charge in [0.15, 0.2) is 0 Å². The molecular weight excluding hydrogens is 398 g/mol. The molecule has 3 aromatic rings. The Labute approximate surface area is 176 Å². The standard InChI is InChI=1S/C23H23N3O3S/c27-23(21-10-8-17-6-2-3-7-20(17)24-21)26-15-12-18-16-19(9-11-22(18)26)30(28,29)25-13-4-1-5-14-25/h2-3,6-11,16H,1,4-5,12-15H2. The fraction of sp³-hybridized carbons (Fsp3) is 0.304. The molecule has 30 heavy (non-hydrogen) atoms. The van der Waals surface area contributed by atoms with Crippen molar-refractivity contribution in [3.63, 3.8) is 0 Å². The molecule has 154 valence electrons. The van der Waals surface area contributed by atoms with Gasteiger partial charge in [0.1, 0.15) is 5.69 Å². The smallest absolute Gasteiger partial charge is 0.276 e. The van der Waals surface area contributed by atoms with Crippen molar-refractivity contribution in [3.8, 4) is 0 Å². The number of carbonyl (C=O) groups is 1. The topological polar surface area (TPSA) is 70.6 Å². The van der Waals surface area contributed by atoms with Crippen molar-refractivity contribution in [1.29, 1.82) is 0 Å². The molecule has 7 heteroatoms. The summed E-state index contributed by atoms with van der Waals surface area (Å²) >= 11 is 0. The molecule has 1 saturated heterocycles. The molecule has 0 saturated carbocycles. The van der Waals surface area contributed by atoms with E-state index < -0.39 is 10.0 Å². The van der Waals surface area contributed by atoms with Crippen LogP contribution in [0.25, 0.3) is 10.9 Å². The van der Waals surface area contributed by atoms with Crippen LogP contribution in [0.4, 0.5) is 5.69 Å². The van der Waals surface area contributed by atoms with Gasteiger partial charge < -0.3 is 4.90 Å². The Morgan fingerprint density at radius 2 is 1.70 bits per heavy atom. The van der Waals surface area contributed by atoms with Crippen LogP contribution >= 0.6 is 0 Å². The minimum absolute atomic E-state index is 0.161. The maximum absolute atomic E-state index is 13.1. The normalized spacial score (nSPS) is 17.3. The number of carbonyl (C=O) groups excluding carboxylic acids is 1.